The number of aromatic carboxylic acids is 1. The number of hydrogen-bond acceptors (Lipinski definition) is 7. The molecule has 9 nitrogen and oxygen atoms in total. The molecule has 0 aliphatic heterocycles. The van der Waals surface area contributed by atoms with Crippen LogP contribution in [0.2, 0.25) is 0 Å². The number of ether oxygens (including phenoxy) is 1. The second-order valence-corrected chi connectivity index (χ2v) is 12.8. The van der Waals surface area contributed by atoms with Crippen molar-refractivity contribution < 1.29 is 27.4 Å². The molecule has 6 rings (SSSR count). The van der Waals surface area contributed by atoms with Gasteiger partial charge in [0, 0.05) is 22.9 Å². The van der Waals surface area contributed by atoms with E-state index >= 15 is 4.39 Å². The lowest BCUT2D eigenvalue weighted by Crippen LogP contribution is -2.13. The van der Waals surface area contributed by atoms with Crippen molar-refractivity contribution in [1.29, 1.82) is 0 Å². The SMILES string of the molecule is NS(=O)(=O)c1ccc(Cc2c(-c3cccc(OCc4ccccc4)c3)nn(-c3nc(C(=O)O)cs3)c2CC2CC2)c(F)c1. The number of sulfonamides is 1. The van der Waals surface area contributed by atoms with Crippen LogP contribution in [0.3, 0.4) is 0 Å². The summed E-state index contributed by atoms with van der Waals surface area (Å²) in [7, 11) is -4.07. The zero-order valence-corrected chi connectivity index (χ0v) is 24.4. The lowest BCUT2D eigenvalue weighted by atomic mass is 9.96. The van der Waals surface area contributed by atoms with Crippen molar-refractivity contribution in [2.24, 2.45) is 11.1 Å². The monoisotopic (exact) mass is 618 g/mol. The number of carbonyl (C=O) groups is 1. The number of halogens is 1. The molecule has 2 aromatic heterocycles. The topological polar surface area (TPSA) is 137 Å². The summed E-state index contributed by atoms with van der Waals surface area (Å²) in [4.78, 5) is 15.6. The predicted molar refractivity (Wildman–Crippen MR) is 159 cm³/mol. The largest absolute Gasteiger partial charge is 0.489 e. The first-order chi connectivity index (χ1) is 20.7. The van der Waals surface area contributed by atoms with Gasteiger partial charge >= 0.3 is 5.97 Å². The van der Waals surface area contributed by atoms with E-state index in [1.807, 2.05) is 54.6 Å². The molecule has 1 fully saturated rings. The van der Waals surface area contributed by atoms with Gasteiger partial charge in [-0.1, -0.05) is 48.5 Å². The van der Waals surface area contributed by atoms with Crippen molar-refractivity contribution >= 4 is 27.3 Å². The highest BCUT2D eigenvalue weighted by atomic mass is 32.2. The lowest BCUT2D eigenvalue weighted by Gasteiger charge is -2.11. The van der Waals surface area contributed by atoms with E-state index in [0.29, 0.717) is 35.5 Å². The van der Waals surface area contributed by atoms with E-state index in [9.17, 15) is 18.3 Å². The molecule has 43 heavy (non-hydrogen) atoms. The van der Waals surface area contributed by atoms with Gasteiger partial charge in [0.1, 0.15) is 18.2 Å². The minimum atomic E-state index is -4.07. The Bertz CT molecular complexity index is 1920. The first-order valence-electron chi connectivity index (χ1n) is 13.5. The Morgan fingerprint density at radius 2 is 1.88 bits per heavy atom. The van der Waals surface area contributed by atoms with E-state index < -0.39 is 21.8 Å². The summed E-state index contributed by atoms with van der Waals surface area (Å²) in [5.41, 5.74) is 4.04. The van der Waals surface area contributed by atoms with E-state index in [4.69, 9.17) is 15.0 Å². The summed E-state index contributed by atoms with van der Waals surface area (Å²) >= 11 is 1.16. The van der Waals surface area contributed by atoms with Gasteiger partial charge in [-0.15, -0.1) is 11.3 Å². The molecule has 1 aliphatic carbocycles. The van der Waals surface area contributed by atoms with Crippen molar-refractivity contribution in [1.82, 2.24) is 14.8 Å². The maximum absolute atomic E-state index is 15.3. The standard InChI is InChI=1S/C31H27FN4O5S2/c32-26-16-24(43(33,39)40)12-11-21(26)15-25-28(13-19-9-10-19)36(31-34-27(18-42-31)30(37)38)35-29(25)22-7-4-8-23(14-22)41-17-20-5-2-1-3-6-20/h1-8,11-12,14,16,18-19H,9-10,13,15,17H2,(H,37,38)(H2,33,39,40). The molecule has 3 aromatic carbocycles. The Morgan fingerprint density at radius 1 is 1.09 bits per heavy atom. The van der Waals surface area contributed by atoms with Crippen LogP contribution in [0.25, 0.3) is 16.4 Å². The number of thiazole rings is 1. The molecule has 0 radical (unpaired) electrons. The van der Waals surface area contributed by atoms with E-state index in [1.165, 1.54) is 17.5 Å². The quantitative estimate of drug-likeness (QED) is 0.197. The summed E-state index contributed by atoms with van der Waals surface area (Å²) in [6.45, 7) is 0.372. The van der Waals surface area contributed by atoms with Crippen LogP contribution in [-0.4, -0.2) is 34.3 Å². The zero-order chi connectivity index (χ0) is 30.1. The molecule has 2 heterocycles. The fourth-order valence-electron chi connectivity index (χ4n) is 4.84. The van der Waals surface area contributed by atoms with Crippen LogP contribution in [0.4, 0.5) is 4.39 Å². The van der Waals surface area contributed by atoms with Crippen molar-refractivity contribution in [3.8, 4) is 22.1 Å². The van der Waals surface area contributed by atoms with Crippen LogP contribution in [0.1, 0.15) is 45.7 Å². The number of carboxylic acid groups (broad SMARTS) is 1. The maximum atomic E-state index is 15.3. The molecule has 0 unspecified atom stereocenters. The third-order valence-corrected chi connectivity index (χ3v) is 8.96. The van der Waals surface area contributed by atoms with E-state index in [-0.39, 0.29) is 22.6 Å². The van der Waals surface area contributed by atoms with Gasteiger partial charge in [-0.25, -0.2) is 32.4 Å². The minimum Gasteiger partial charge on any atom is -0.489 e. The zero-order valence-electron chi connectivity index (χ0n) is 22.8. The summed E-state index contributed by atoms with van der Waals surface area (Å²) in [6, 6.07) is 20.9. The molecule has 3 N–H and O–H groups in total. The van der Waals surface area contributed by atoms with Gasteiger partial charge in [0.2, 0.25) is 15.2 Å². The van der Waals surface area contributed by atoms with E-state index in [1.54, 1.807) is 4.68 Å². The molecule has 0 spiro atoms. The highest BCUT2D eigenvalue weighted by Crippen LogP contribution is 2.39. The van der Waals surface area contributed by atoms with Gasteiger partial charge < -0.3 is 9.84 Å². The first-order valence-corrected chi connectivity index (χ1v) is 16.0. The van der Waals surface area contributed by atoms with Gasteiger partial charge in [0.05, 0.1) is 16.3 Å². The Hall–Kier alpha value is -4.39. The summed E-state index contributed by atoms with van der Waals surface area (Å²) < 4.78 is 46.6. The molecule has 1 saturated carbocycles. The Labute approximate surface area is 251 Å². The van der Waals surface area contributed by atoms with Crippen molar-refractivity contribution in [2.45, 2.75) is 37.2 Å². The summed E-state index contributed by atoms with van der Waals surface area (Å²) in [5.74, 6) is -0.808. The molecular formula is C31H27FN4O5S2. The molecular weight excluding hydrogens is 591 g/mol. The Balaban J connectivity index is 1.45. The van der Waals surface area contributed by atoms with Crippen LogP contribution < -0.4 is 9.88 Å². The molecule has 220 valence electrons. The average Bonchev–Trinajstić information content (AvgIpc) is 3.54. The molecule has 0 atom stereocenters. The number of primary sulfonamides is 1. The van der Waals surface area contributed by atoms with Gasteiger partial charge in [-0.05, 0) is 60.6 Å². The van der Waals surface area contributed by atoms with Gasteiger partial charge in [0.25, 0.3) is 0 Å². The summed E-state index contributed by atoms with van der Waals surface area (Å²) in [5, 5.41) is 21.5. The number of benzene rings is 3. The number of rotatable bonds is 11. The van der Waals surface area contributed by atoms with Crippen LogP contribution in [0.5, 0.6) is 5.75 Å². The Kier molecular flexibility index (Phi) is 7.82. The molecule has 0 amide bonds. The second-order valence-electron chi connectivity index (χ2n) is 10.4. The number of nitrogens with two attached hydrogens (primary N) is 1. The van der Waals surface area contributed by atoms with Crippen LogP contribution in [0, 0.1) is 11.7 Å². The smallest absolute Gasteiger partial charge is 0.355 e. The fraction of sp³-hybridized carbons (Fsp3) is 0.194. The number of carboxylic acids is 1. The van der Waals surface area contributed by atoms with E-state index in [0.717, 1.165) is 52.6 Å². The van der Waals surface area contributed by atoms with Gasteiger partial charge in [-0.2, -0.15) is 5.10 Å². The number of nitrogens with zero attached hydrogens (tertiary/aromatic N) is 3. The number of aromatic nitrogens is 3. The minimum absolute atomic E-state index is 0.0862. The Morgan fingerprint density at radius 3 is 2.56 bits per heavy atom. The predicted octanol–water partition coefficient (Wildman–Crippen LogP) is 5.60. The second kappa shape index (κ2) is 11.7. The van der Waals surface area contributed by atoms with Gasteiger partial charge in [0.15, 0.2) is 5.69 Å². The van der Waals surface area contributed by atoms with Crippen LogP contribution >= 0.6 is 11.3 Å². The fourth-order valence-corrected chi connectivity index (χ4v) is 6.14. The molecule has 12 heteroatoms. The highest BCUT2D eigenvalue weighted by molar-refractivity contribution is 7.89. The maximum Gasteiger partial charge on any atom is 0.355 e. The average molecular weight is 619 g/mol. The van der Waals surface area contributed by atoms with Crippen molar-refractivity contribution in [2.75, 3.05) is 0 Å². The van der Waals surface area contributed by atoms with Crippen molar-refractivity contribution in [3.05, 3.63) is 112 Å². The third-order valence-electron chi connectivity index (χ3n) is 7.24. The molecule has 1 aliphatic rings. The molecule has 0 saturated heterocycles. The van der Waals surface area contributed by atoms with Crippen LogP contribution in [-0.2, 0) is 29.5 Å². The molecule has 5 aromatic rings. The number of hydrogen-bond donors (Lipinski definition) is 2. The van der Waals surface area contributed by atoms with Gasteiger partial charge in [-0.3, -0.25) is 0 Å². The third kappa shape index (κ3) is 6.51. The molecule has 0 bridgehead atoms. The van der Waals surface area contributed by atoms with Crippen molar-refractivity contribution in [3.63, 3.8) is 0 Å². The first kappa shape index (κ1) is 28.7. The van der Waals surface area contributed by atoms with Crippen LogP contribution in [0.15, 0.2) is 83.1 Å². The van der Waals surface area contributed by atoms with E-state index in [2.05, 4.69) is 4.98 Å². The summed E-state index contributed by atoms with van der Waals surface area (Å²) in [6.07, 6.45) is 2.84. The normalized spacial score (nSPS) is 13.3. The lowest BCUT2D eigenvalue weighted by molar-refractivity contribution is 0.0691. The highest BCUT2D eigenvalue weighted by Gasteiger charge is 2.30.